The molecule has 7 nitrogen and oxygen atoms in total. The minimum atomic E-state index is -4.21. The highest BCUT2D eigenvalue weighted by Gasteiger charge is 2.35. The molecule has 10 heteroatoms. The van der Waals surface area contributed by atoms with E-state index in [4.69, 9.17) is 23.2 Å². The van der Waals surface area contributed by atoms with E-state index in [-0.39, 0.29) is 29.8 Å². The van der Waals surface area contributed by atoms with Crippen molar-refractivity contribution in [1.29, 1.82) is 0 Å². The molecule has 1 N–H and O–H groups in total. The van der Waals surface area contributed by atoms with E-state index in [9.17, 15) is 18.0 Å². The Morgan fingerprint density at radius 2 is 1.51 bits per heavy atom. The lowest BCUT2D eigenvalue weighted by Crippen LogP contribution is -2.54. The molecule has 4 aromatic rings. The third kappa shape index (κ3) is 9.15. The number of amides is 2. The zero-order chi connectivity index (χ0) is 34.3. The summed E-state index contributed by atoms with van der Waals surface area (Å²) in [6.45, 7) is 8.81. The van der Waals surface area contributed by atoms with Gasteiger partial charge in [-0.2, -0.15) is 0 Å². The molecule has 2 atom stereocenters. The summed E-state index contributed by atoms with van der Waals surface area (Å²) in [5, 5.41) is 3.80. The van der Waals surface area contributed by atoms with Gasteiger partial charge in [0.1, 0.15) is 12.6 Å². The van der Waals surface area contributed by atoms with E-state index in [0.29, 0.717) is 33.3 Å². The molecule has 248 valence electrons. The molecule has 4 rings (SSSR count). The number of sulfonamides is 1. The summed E-state index contributed by atoms with van der Waals surface area (Å²) in [5.41, 5.74) is 4.21. The van der Waals surface area contributed by atoms with Crippen LogP contribution in [0.15, 0.2) is 95.9 Å². The van der Waals surface area contributed by atoms with Crippen molar-refractivity contribution in [2.75, 3.05) is 10.8 Å². The third-order valence-corrected chi connectivity index (χ3v) is 10.5. The molecule has 0 aliphatic heterocycles. The average molecular weight is 695 g/mol. The SMILES string of the molecule is CC[C@@H](C)NC(=O)[C@@H](Cc1ccccc1)N(Cc1ccc(Cl)cc1Cl)C(=O)CN(c1cc(C)ccc1C)S(=O)(=O)c1ccc(C)cc1. The molecule has 0 aliphatic rings. The van der Waals surface area contributed by atoms with Crippen LogP contribution < -0.4 is 9.62 Å². The predicted molar refractivity (Wildman–Crippen MR) is 190 cm³/mol. The summed E-state index contributed by atoms with van der Waals surface area (Å²) in [6.07, 6.45) is 0.893. The molecule has 0 aliphatic carbocycles. The molecular formula is C37H41Cl2N3O4S. The van der Waals surface area contributed by atoms with Gasteiger partial charge in [-0.05, 0) is 86.7 Å². The average Bonchev–Trinajstić information content (AvgIpc) is 3.04. The largest absolute Gasteiger partial charge is 0.352 e. The van der Waals surface area contributed by atoms with Crippen LogP contribution in [0.3, 0.4) is 0 Å². The summed E-state index contributed by atoms with van der Waals surface area (Å²) in [6, 6.07) is 25.2. The van der Waals surface area contributed by atoms with Crippen molar-refractivity contribution in [1.82, 2.24) is 10.2 Å². The Bertz CT molecular complexity index is 1820. The topological polar surface area (TPSA) is 86.8 Å². The molecule has 0 heterocycles. The van der Waals surface area contributed by atoms with Gasteiger partial charge in [-0.25, -0.2) is 8.42 Å². The molecule has 0 unspecified atom stereocenters. The normalized spacial score (nSPS) is 12.7. The van der Waals surface area contributed by atoms with Gasteiger partial charge in [0.05, 0.1) is 10.6 Å². The minimum absolute atomic E-state index is 0.0501. The fourth-order valence-corrected chi connectivity index (χ4v) is 7.11. The molecule has 0 aromatic heterocycles. The lowest BCUT2D eigenvalue weighted by molar-refractivity contribution is -0.140. The lowest BCUT2D eigenvalue weighted by atomic mass is 10.0. The van der Waals surface area contributed by atoms with Gasteiger partial charge in [-0.3, -0.25) is 13.9 Å². The van der Waals surface area contributed by atoms with Crippen LogP contribution in [0.5, 0.6) is 0 Å². The van der Waals surface area contributed by atoms with Crippen molar-refractivity contribution < 1.29 is 18.0 Å². The fourth-order valence-electron chi connectivity index (χ4n) is 5.17. The number of rotatable bonds is 13. The Balaban J connectivity index is 1.86. The number of carbonyl (C=O) groups is 2. The first-order chi connectivity index (χ1) is 22.3. The van der Waals surface area contributed by atoms with Crippen LogP contribution in [-0.2, 0) is 32.6 Å². The van der Waals surface area contributed by atoms with Crippen molar-refractivity contribution in [3.8, 4) is 0 Å². The number of anilines is 1. The Kier molecular flexibility index (Phi) is 12.1. The first-order valence-corrected chi connectivity index (χ1v) is 17.7. The Hall–Kier alpha value is -3.85. The first-order valence-electron chi connectivity index (χ1n) is 15.5. The van der Waals surface area contributed by atoms with Crippen LogP contribution in [0.2, 0.25) is 10.0 Å². The third-order valence-electron chi connectivity index (χ3n) is 8.15. The summed E-state index contributed by atoms with van der Waals surface area (Å²) >= 11 is 12.8. The lowest BCUT2D eigenvalue weighted by Gasteiger charge is -2.35. The van der Waals surface area contributed by atoms with Crippen LogP contribution in [0, 0.1) is 20.8 Å². The fraction of sp³-hybridized carbons (Fsp3) is 0.297. The van der Waals surface area contributed by atoms with Gasteiger partial charge in [-0.15, -0.1) is 0 Å². The van der Waals surface area contributed by atoms with Crippen molar-refractivity contribution >= 4 is 50.7 Å². The number of hydrogen-bond acceptors (Lipinski definition) is 4. The van der Waals surface area contributed by atoms with E-state index in [1.807, 2.05) is 70.2 Å². The van der Waals surface area contributed by atoms with E-state index in [0.717, 1.165) is 21.0 Å². The van der Waals surface area contributed by atoms with Gasteiger partial charge in [0.15, 0.2) is 0 Å². The molecule has 0 saturated carbocycles. The van der Waals surface area contributed by atoms with Crippen molar-refractivity contribution in [2.24, 2.45) is 0 Å². The molecule has 0 fully saturated rings. The molecular weight excluding hydrogens is 653 g/mol. The minimum Gasteiger partial charge on any atom is -0.352 e. The zero-order valence-corrected chi connectivity index (χ0v) is 29.7. The van der Waals surface area contributed by atoms with Crippen molar-refractivity contribution in [2.45, 2.75) is 71.0 Å². The molecule has 0 radical (unpaired) electrons. The number of carbonyl (C=O) groups excluding carboxylic acids is 2. The number of nitrogens with one attached hydrogen (secondary N) is 1. The number of hydrogen-bond donors (Lipinski definition) is 1. The van der Waals surface area contributed by atoms with E-state index in [2.05, 4.69) is 5.32 Å². The van der Waals surface area contributed by atoms with Crippen LogP contribution in [0.4, 0.5) is 5.69 Å². The molecule has 2 amide bonds. The standard InChI is InChI=1S/C37H41Cl2N3O4S/c1-6-28(5)40-37(44)35(21-29-10-8-7-9-11-29)41(23-30-16-17-31(38)22-33(30)39)36(43)24-42(34-20-26(3)12-15-27(34)4)47(45,46)32-18-13-25(2)14-19-32/h7-20,22,28,35H,6,21,23-24H2,1-5H3,(H,40,44)/t28-,35-/m1/s1. The number of benzene rings is 4. The van der Waals surface area contributed by atoms with Gasteiger partial charge < -0.3 is 10.2 Å². The van der Waals surface area contributed by atoms with Crippen LogP contribution >= 0.6 is 23.2 Å². The molecule has 4 aromatic carbocycles. The van der Waals surface area contributed by atoms with Crippen LogP contribution in [0.25, 0.3) is 0 Å². The quantitative estimate of drug-likeness (QED) is 0.156. The maximum Gasteiger partial charge on any atom is 0.264 e. The summed E-state index contributed by atoms with van der Waals surface area (Å²) in [5.74, 6) is -0.908. The van der Waals surface area contributed by atoms with Gasteiger partial charge >= 0.3 is 0 Å². The Labute approximate surface area is 288 Å². The highest BCUT2D eigenvalue weighted by atomic mass is 35.5. The van der Waals surface area contributed by atoms with Crippen molar-refractivity contribution in [3.63, 3.8) is 0 Å². The zero-order valence-electron chi connectivity index (χ0n) is 27.3. The highest BCUT2D eigenvalue weighted by Crippen LogP contribution is 2.30. The van der Waals surface area contributed by atoms with Crippen LogP contribution in [-0.4, -0.2) is 43.8 Å². The summed E-state index contributed by atoms with van der Waals surface area (Å²) < 4.78 is 29.8. The molecule has 47 heavy (non-hydrogen) atoms. The van der Waals surface area contributed by atoms with Gasteiger partial charge in [0, 0.05) is 29.1 Å². The van der Waals surface area contributed by atoms with E-state index in [1.165, 1.54) is 17.0 Å². The van der Waals surface area contributed by atoms with E-state index in [1.54, 1.807) is 43.3 Å². The van der Waals surface area contributed by atoms with E-state index >= 15 is 0 Å². The maximum absolute atomic E-state index is 14.7. The number of halogens is 2. The second-order valence-electron chi connectivity index (χ2n) is 11.9. The van der Waals surface area contributed by atoms with Gasteiger partial charge in [-0.1, -0.05) is 96.4 Å². The number of aryl methyl sites for hydroxylation is 3. The maximum atomic E-state index is 14.7. The highest BCUT2D eigenvalue weighted by molar-refractivity contribution is 7.92. The summed E-state index contributed by atoms with van der Waals surface area (Å²) in [7, 11) is -4.21. The monoisotopic (exact) mass is 693 g/mol. The predicted octanol–water partition coefficient (Wildman–Crippen LogP) is 7.67. The first kappa shape index (κ1) is 36.0. The Morgan fingerprint density at radius 1 is 0.851 bits per heavy atom. The second-order valence-corrected chi connectivity index (χ2v) is 14.6. The molecule has 0 saturated heterocycles. The number of nitrogens with zero attached hydrogens (tertiary/aromatic N) is 2. The smallest absolute Gasteiger partial charge is 0.264 e. The summed E-state index contributed by atoms with van der Waals surface area (Å²) in [4.78, 5) is 30.2. The second kappa shape index (κ2) is 15.8. The molecule has 0 bridgehead atoms. The van der Waals surface area contributed by atoms with Gasteiger partial charge in [0.2, 0.25) is 11.8 Å². The van der Waals surface area contributed by atoms with Gasteiger partial charge in [0.25, 0.3) is 10.0 Å². The Morgan fingerprint density at radius 3 is 2.15 bits per heavy atom. The van der Waals surface area contributed by atoms with Crippen LogP contribution in [0.1, 0.15) is 48.1 Å². The van der Waals surface area contributed by atoms with E-state index < -0.39 is 28.5 Å². The van der Waals surface area contributed by atoms with Crippen molar-refractivity contribution in [3.05, 3.63) is 129 Å². The molecule has 0 spiro atoms.